The average Bonchev–Trinajstić information content (AvgIpc) is 3.12. The number of aromatic amines is 1. The summed E-state index contributed by atoms with van der Waals surface area (Å²) in [4.78, 5) is 27.3. The van der Waals surface area contributed by atoms with Gasteiger partial charge in [-0.05, 0) is 30.7 Å². The van der Waals surface area contributed by atoms with Crippen molar-refractivity contribution in [2.45, 2.75) is 18.5 Å². The number of anilines is 1. The molecule has 2 N–H and O–H groups in total. The molecule has 0 spiro atoms. The third-order valence-electron chi connectivity index (χ3n) is 4.35. The van der Waals surface area contributed by atoms with E-state index in [1.807, 2.05) is 31.2 Å². The highest BCUT2D eigenvalue weighted by Crippen LogP contribution is 2.25. The molecule has 0 unspecified atom stereocenters. The largest absolute Gasteiger partial charge is 0.325 e. The van der Waals surface area contributed by atoms with Crippen molar-refractivity contribution in [3.05, 3.63) is 79.7 Å². The first-order chi connectivity index (χ1) is 14.9. The Morgan fingerprint density at radius 1 is 1.13 bits per heavy atom. The zero-order valence-corrected chi connectivity index (χ0v) is 18.6. The second-order valence-electron chi connectivity index (χ2n) is 6.75. The summed E-state index contributed by atoms with van der Waals surface area (Å²) in [5, 5.41) is 16.2. The number of nitrogens with zero attached hydrogens (tertiary/aromatic N) is 4. The van der Waals surface area contributed by atoms with Gasteiger partial charge in [0.1, 0.15) is 5.69 Å². The molecule has 4 aromatic rings. The van der Waals surface area contributed by atoms with Crippen molar-refractivity contribution in [2.24, 2.45) is 0 Å². The molecule has 0 saturated heterocycles. The van der Waals surface area contributed by atoms with E-state index in [1.54, 1.807) is 18.2 Å². The highest BCUT2D eigenvalue weighted by atomic mass is 35.5. The molecule has 31 heavy (non-hydrogen) atoms. The van der Waals surface area contributed by atoms with Crippen LogP contribution in [0, 0.1) is 6.92 Å². The Labute approximate surface area is 191 Å². The number of carbonyl (C=O) groups is 1. The van der Waals surface area contributed by atoms with E-state index >= 15 is 0 Å². The van der Waals surface area contributed by atoms with Gasteiger partial charge < -0.3 is 5.32 Å². The molecule has 0 radical (unpaired) electrons. The third-order valence-corrected chi connectivity index (χ3v) is 6.01. The number of aryl methyl sites for hydroxylation is 1. The quantitative estimate of drug-likeness (QED) is 0.412. The third kappa shape index (κ3) is 5.07. The summed E-state index contributed by atoms with van der Waals surface area (Å²) < 4.78 is 1.43. The van der Waals surface area contributed by atoms with Crippen molar-refractivity contribution in [3.8, 4) is 0 Å². The van der Waals surface area contributed by atoms with Crippen LogP contribution in [-0.4, -0.2) is 36.5 Å². The van der Waals surface area contributed by atoms with E-state index in [9.17, 15) is 9.59 Å². The van der Waals surface area contributed by atoms with Crippen LogP contribution in [0.1, 0.15) is 16.8 Å². The zero-order valence-electron chi connectivity index (χ0n) is 16.2. The number of benzene rings is 2. The summed E-state index contributed by atoms with van der Waals surface area (Å²) in [6, 6.07) is 12.7. The molecule has 2 heterocycles. The van der Waals surface area contributed by atoms with Crippen LogP contribution < -0.4 is 10.9 Å². The van der Waals surface area contributed by atoms with Crippen LogP contribution in [-0.2, 0) is 11.2 Å². The van der Waals surface area contributed by atoms with E-state index in [4.69, 9.17) is 23.2 Å². The van der Waals surface area contributed by atoms with Crippen molar-refractivity contribution >= 4 is 52.3 Å². The lowest BCUT2D eigenvalue weighted by atomic mass is 10.1. The number of hydrogen-bond donors (Lipinski definition) is 2. The Kier molecular flexibility index (Phi) is 6.26. The zero-order chi connectivity index (χ0) is 22.0. The SMILES string of the molecule is Cc1ccc(Cc2nn3c(SCC(=O)Nc4ccc(Cl)c(Cl)c4)nnc3[nH]c2=O)cc1. The van der Waals surface area contributed by atoms with E-state index in [-0.39, 0.29) is 23.0 Å². The van der Waals surface area contributed by atoms with Gasteiger partial charge in [0, 0.05) is 12.1 Å². The highest BCUT2D eigenvalue weighted by Gasteiger charge is 2.14. The lowest BCUT2D eigenvalue weighted by Crippen LogP contribution is -2.19. The Morgan fingerprint density at radius 3 is 2.65 bits per heavy atom. The van der Waals surface area contributed by atoms with Gasteiger partial charge in [0.25, 0.3) is 11.3 Å². The van der Waals surface area contributed by atoms with Crippen LogP contribution in [0.3, 0.4) is 0 Å². The van der Waals surface area contributed by atoms with Crippen LogP contribution in [0.2, 0.25) is 10.0 Å². The number of hydrogen-bond acceptors (Lipinski definition) is 6. The maximum absolute atomic E-state index is 12.3. The molecule has 11 heteroatoms. The molecule has 0 bridgehead atoms. The summed E-state index contributed by atoms with van der Waals surface area (Å²) >= 11 is 13.0. The number of thioether (sulfide) groups is 1. The fraction of sp³-hybridized carbons (Fsp3) is 0.150. The number of H-pyrrole nitrogens is 1. The van der Waals surface area contributed by atoms with Crippen LogP contribution >= 0.6 is 35.0 Å². The van der Waals surface area contributed by atoms with Crippen LogP contribution in [0.25, 0.3) is 5.78 Å². The topological polar surface area (TPSA) is 105 Å². The molecule has 1 amide bonds. The molecule has 8 nitrogen and oxygen atoms in total. The standard InChI is InChI=1S/C20H16Cl2N6O2S/c1-11-2-4-12(5-3-11)8-16-18(30)24-19-25-26-20(28(19)27-16)31-10-17(29)23-13-6-7-14(21)15(22)9-13/h2-7,9H,8,10H2,1H3,(H,23,29)(H,24,25,30). The molecular formula is C20H16Cl2N6O2S. The van der Waals surface area contributed by atoms with Crippen molar-refractivity contribution in [1.29, 1.82) is 0 Å². The first-order valence-electron chi connectivity index (χ1n) is 9.17. The summed E-state index contributed by atoms with van der Waals surface area (Å²) in [7, 11) is 0. The lowest BCUT2D eigenvalue weighted by molar-refractivity contribution is -0.113. The molecule has 158 valence electrons. The number of fused-ring (bicyclic) bond motifs is 1. The monoisotopic (exact) mass is 474 g/mol. The van der Waals surface area contributed by atoms with Crippen molar-refractivity contribution in [2.75, 3.05) is 11.1 Å². The second kappa shape index (κ2) is 9.09. The van der Waals surface area contributed by atoms with Crippen LogP contribution in [0.5, 0.6) is 0 Å². The Bertz CT molecular complexity index is 1320. The van der Waals surface area contributed by atoms with Crippen molar-refractivity contribution in [1.82, 2.24) is 24.8 Å². The minimum absolute atomic E-state index is 0.0646. The first-order valence-corrected chi connectivity index (χ1v) is 10.9. The van der Waals surface area contributed by atoms with Gasteiger partial charge in [-0.25, -0.2) is 0 Å². The van der Waals surface area contributed by atoms with Crippen LogP contribution in [0.15, 0.2) is 52.4 Å². The average molecular weight is 475 g/mol. The van der Waals surface area contributed by atoms with E-state index in [0.717, 1.165) is 22.9 Å². The van der Waals surface area contributed by atoms with Gasteiger partial charge in [-0.2, -0.15) is 9.61 Å². The summed E-state index contributed by atoms with van der Waals surface area (Å²) in [5.74, 6) is 0.0179. The van der Waals surface area contributed by atoms with Gasteiger partial charge >= 0.3 is 0 Å². The number of carbonyl (C=O) groups excluding carboxylic acids is 1. The molecule has 0 saturated carbocycles. The maximum Gasteiger partial charge on any atom is 0.274 e. The normalized spacial score (nSPS) is 11.1. The van der Waals surface area contributed by atoms with E-state index in [2.05, 4.69) is 25.6 Å². The second-order valence-corrected chi connectivity index (χ2v) is 8.50. The van der Waals surface area contributed by atoms with Gasteiger partial charge in [0.15, 0.2) is 0 Å². The van der Waals surface area contributed by atoms with Gasteiger partial charge in [-0.15, -0.1) is 10.2 Å². The summed E-state index contributed by atoms with van der Waals surface area (Å²) in [5.41, 5.74) is 2.64. The van der Waals surface area contributed by atoms with Crippen LogP contribution in [0.4, 0.5) is 5.69 Å². The van der Waals surface area contributed by atoms with Gasteiger partial charge in [0.05, 0.1) is 15.8 Å². The first kappa shape index (κ1) is 21.4. The number of aromatic nitrogens is 5. The Morgan fingerprint density at radius 2 is 1.90 bits per heavy atom. The highest BCUT2D eigenvalue weighted by molar-refractivity contribution is 7.99. The molecule has 2 aromatic carbocycles. The lowest BCUT2D eigenvalue weighted by Gasteiger charge is -2.06. The summed E-state index contributed by atoms with van der Waals surface area (Å²) in [6.07, 6.45) is 0.367. The number of amides is 1. The molecule has 0 aliphatic heterocycles. The van der Waals surface area contributed by atoms with Crippen molar-refractivity contribution < 1.29 is 4.79 Å². The molecule has 2 aromatic heterocycles. The predicted molar refractivity (Wildman–Crippen MR) is 121 cm³/mol. The van der Waals surface area contributed by atoms with E-state index in [0.29, 0.717) is 33.0 Å². The Balaban J connectivity index is 1.48. The molecule has 0 atom stereocenters. The molecular weight excluding hydrogens is 459 g/mol. The smallest absolute Gasteiger partial charge is 0.274 e. The molecule has 0 aliphatic rings. The number of rotatable bonds is 6. The fourth-order valence-electron chi connectivity index (χ4n) is 2.78. The van der Waals surface area contributed by atoms with E-state index in [1.165, 1.54) is 4.52 Å². The molecule has 0 fully saturated rings. The van der Waals surface area contributed by atoms with E-state index < -0.39 is 0 Å². The number of nitrogens with one attached hydrogen (secondary N) is 2. The minimum atomic E-state index is -0.325. The molecule has 0 aliphatic carbocycles. The van der Waals surface area contributed by atoms with Gasteiger partial charge in [-0.1, -0.05) is 64.8 Å². The summed E-state index contributed by atoms with van der Waals surface area (Å²) in [6.45, 7) is 2.00. The van der Waals surface area contributed by atoms with Gasteiger partial charge in [0.2, 0.25) is 11.1 Å². The maximum atomic E-state index is 12.3. The minimum Gasteiger partial charge on any atom is -0.325 e. The fourth-order valence-corrected chi connectivity index (χ4v) is 3.76. The van der Waals surface area contributed by atoms with Gasteiger partial charge in [-0.3, -0.25) is 14.6 Å². The Hall–Kier alpha value is -2.88. The van der Waals surface area contributed by atoms with Crippen molar-refractivity contribution in [3.63, 3.8) is 0 Å². The number of halogens is 2. The molecule has 4 rings (SSSR count). The predicted octanol–water partition coefficient (Wildman–Crippen LogP) is 3.75.